The Morgan fingerprint density at radius 1 is 0.412 bits per heavy atom. The normalized spacial score (nSPS) is 1.18. The molecule has 0 aromatic heterocycles. The summed E-state index contributed by atoms with van der Waals surface area (Å²) in [6.45, 7) is 0. The Morgan fingerprint density at radius 3 is 0.412 bits per heavy atom. The van der Waals surface area contributed by atoms with E-state index >= 15 is 0 Å². The van der Waals surface area contributed by atoms with E-state index in [0.29, 0.717) is 0 Å². The summed E-state index contributed by atoms with van der Waals surface area (Å²) < 4.78 is 0. The molecule has 17 heteroatoms. The fraction of sp³-hybridized carbons (Fsp3) is 0. The zero-order valence-corrected chi connectivity index (χ0v) is 31.8. The molecule has 6 radical (unpaired) electrons. The smallest absolute Gasteiger partial charge is 0.870 e. The van der Waals surface area contributed by atoms with Crippen molar-refractivity contribution in [1.29, 1.82) is 0 Å². The number of hydrogen-bond acceptors (Lipinski definition) is 1. The van der Waals surface area contributed by atoms with Crippen LogP contribution < -0.4 is 24.0 Å². The summed E-state index contributed by atoms with van der Waals surface area (Å²) in [5.41, 5.74) is 0. The van der Waals surface area contributed by atoms with Crippen molar-refractivity contribution in [2.24, 2.45) is 0 Å². The third-order valence-corrected chi connectivity index (χ3v) is 0. The van der Waals surface area contributed by atoms with E-state index in [-0.39, 0.29) is 68.4 Å². The van der Waals surface area contributed by atoms with Crippen LogP contribution in [0.25, 0.3) is 0 Å². The molecule has 0 bridgehead atoms. The Labute approximate surface area is 202 Å². The maximum Gasteiger partial charge on any atom is -0.870 e. The molecule has 0 spiro atoms. The molecule has 0 aliphatic rings. The van der Waals surface area contributed by atoms with Gasteiger partial charge in [-0.25, -0.2) is 0 Å². The summed E-state index contributed by atoms with van der Waals surface area (Å²) in [4.78, 5) is 0. The molecule has 0 atom stereocenters. The molecule has 0 rings (SSSR count). The van der Waals surface area contributed by atoms with Gasteiger partial charge in [0, 0.05) is 0 Å². The van der Waals surface area contributed by atoms with E-state index in [9.17, 15) is 0 Å². The molecule has 0 amide bonds. The van der Waals surface area contributed by atoms with Crippen molar-refractivity contribution in [1.82, 2.24) is 0 Å². The van der Waals surface area contributed by atoms with Crippen LogP contribution in [0.3, 0.4) is 0 Å². The van der Waals surface area contributed by atoms with Crippen LogP contribution in [-0.4, -0.2) is 166 Å². The van der Waals surface area contributed by atoms with E-state index in [1.807, 2.05) is 0 Å². The molecular weight excluding hydrogens is 1030 g/mol. The van der Waals surface area contributed by atoms with Crippen molar-refractivity contribution in [3.63, 3.8) is 0 Å². The standard InChI is InChI=1S/Cu.5GeHSe.HI.5H2O/c;5*1-2;;;;;;/h;5*1H;1H;5*1H2/q+2;;;;;;;;;;;/p-2. The molecule has 0 heterocycles. The van der Waals surface area contributed by atoms with Crippen molar-refractivity contribution >= 4 is 138 Å². The van der Waals surface area contributed by atoms with E-state index in [1.54, 1.807) is 70.6 Å². The quantitative estimate of drug-likeness (QED) is 0.172. The van der Waals surface area contributed by atoms with Gasteiger partial charge in [0.15, 0.2) is 0 Å². The molecule has 5 nitrogen and oxygen atoms in total. The topological polar surface area (TPSA) is 156 Å². The van der Waals surface area contributed by atoms with Crippen LogP contribution >= 0.6 is 0 Å². The zero-order chi connectivity index (χ0) is 10.0. The van der Waals surface area contributed by atoms with Gasteiger partial charge in [0.25, 0.3) is 0 Å². The summed E-state index contributed by atoms with van der Waals surface area (Å²) in [6.07, 6.45) is 0. The minimum Gasteiger partial charge on any atom is -1.00 e. The van der Waals surface area contributed by atoms with Crippen molar-refractivity contribution in [3.05, 3.63) is 0 Å². The van der Waals surface area contributed by atoms with Gasteiger partial charge in [-0.05, 0) is 0 Å². The molecule has 112 valence electrons. The van der Waals surface area contributed by atoms with Crippen LogP contribution in [0, 0.1) is 0 Å². The Balaban J connectivity index is -0.00000000167. The number of rotatable bonds is 0. The first-order valence-electron chi connectivity index (χ1n) is 1.18. The Kier molecular flexibility index (Phi) is 1340. The van der Waals surface area contributed by atoms with Crippen molar-refractivity contribution in [2.75, 3.05) is 0 Å². The Morgan fingerprint density at radius 2 is 0.412 bits per heavy atom. The van der Waals surface area contributed by atoms with Crippen LogP contribution in [-0.2, 0) is 17.1 Å². The summed E-state index contributed by atoms with van der Waals surface area (Å²) in [5.74, 6) is 0. The third-order valence-electron chi connectivity index (χ3n) is 0. The number of halogens is 1. The second-order valence-corrected chi connectivity index (χ2v) is 0. The van der Waals surface area contributed by atoms with Gasteiger partial charge in [-0.1, -0.05) is 0 Å². The predicted octanol–water partition coefficient (Wildman–Crippen LogP) is -11.6. The minimum absolute atomic E-state index is 0. The maximum absolute atomic E-state index is 2.69. The fourth-order valence-electron chi connectivity index (χ4n) is 0. The van der Waals surface area contributed by atoms with E-state index < -0.39 is 0 Å². The molecule has 0 unspecified atom stereocenters. The first-order valence-corrected chi connectivity index (χ1v) is 31.8. The minimum atomic E-state index is 0. The average molecular weight is 1040 g/mol. The second-order valence-electron chi connectivity index (χ2n) is 0. The van der Waals surface area contributed by atoms with E-state index in [1.165, 1.54) is 0 Å². The van der Waals surface area contributed by atoms with E-state index in [0.717, 1.165) is 0 Å². The molecule has 0 fully saturated rings. The third kappa shape index (κ3) is 229. The summed E-state index contributed by atoms with van der Waals surface area (Å²) in [6, 6.07) is 0. The molecule has 0 aliphatic heterocycles. The SMILES string of the molecule is O.O.O.O.[Cu+2].[GeH]=[Se].[GeH]=[Se].[GeH]=[Se].[GeH]=[Se].[GeH]=[Se].[I-].[OH-]. The average Bonchev–Trinajstić information content (AvgIpc) is 2.20. The van der Waals surface area contributed by atoms with Crippen LogP contribution in [0.1, 0.15) is 0 Å². The van der Waals surface area contributed by atoms with Gasteiger partial charge in [-0.15, -0.1) is 0 Å². The summed E-state index contributed by atoms with van der Waals surface area (Å²) in [7, 11) is 0. The Bertz CT molecular complexity index is 46.3. The van der Waals surface area contributed by atoms with Crippen molar-refractivity contribution in [2.45, 2.75) is 0 Å². The molecule has 9 N–H and O–H groups in total. The number of hydrogen-bond donors (Lipinski definition) is 0. The van der Waals surface area contributed by atoms with Crippen LogP contribution in [0.15, 0.2) is 0 Å². The van der Waals surface area contributed by atoms with Gasteiger partial charge in [0.1, 0.15) is 0 Å². The monoisotopic (exact) mass is 1050 g/mol. The van der Waals surface area contributed by atoms with Gasteiger partial charge < -0.3 is 51.4 Å². The van der Waals surface area contributed by atoms with Gasteiger partial charge in [-0.2, -0.15) is 0 Å². The fourth-order valence-corrected chi connectivity index (χ4v) is 0. The summed E-state index contributed by atoms with van der Waals surface area (Å²) in [5, 5.41) is 0. The molecule has 0 saturated carbocycles. The maximum atomic E-state index is 2.69. The second kappa shape index (κ2) is 252. The molecule has 0 saturated heterocycles. The van der Waals surface area contributed by atoms with E-state index in [4.69, 9.17) is 0 Å². The van der Waals surface area contributed by atoms with Crippen LogP contribution in [0.4, 0.5) is 0 Å². The first-order chi connectivity index (χ1) is 5.00. The Hall–Kier alpha value is 6.36. The predicted molar refractivity (Wildman–Crippen MR) is 80.9 cm³/mol. The van der Waals surface area contributed by atoms with Crippen LogP contribution in [0.2, 0.25) is 0 Å². The molecule has 0 aromatic carbocycles. The van der Waals surface area contributed by atoms with Gasteiger partial charge in [0.05, 0.1) is 0 Å². The van der Waals surface area contributed by atoms with Gasteiger partial charge in [-0.3, -0.25) is 0 Å². The van der Waals surface area contributed by atoms with Gasteiger partial charge in [0.2, 0.25) is 0 Å². The van der Waals surface area contributed by atoms with Crippen molar-refractivity contribution < 1.29 is 68.4 Å². The molecular formula is H14CuGe5IO5Se5. The first kappa shape index (κ1) is 90.5. The van der Waals surface area contributed by atoms with Gasteiger partial charge >= 0.3 is 155 Å². The molecule has 17 heavy (non-hydrogen) atoms. The largest absolute Gasteiger partial charge is 1.00 e. The molecule has 0 aromatic rings. The van der Waals surface area contributed by atoms with E-state index in [2.05, 4.69) is 67.7 Å². The van der Waals surface area contributed by atoms with Crippen LogP contribution in [0.5, 0.6) is 0 Å². The summed E-state index contributed by atoms with van der Waals surface area (Å²) >= 11 is 21.2. The zero-order valence-electron chi connectivity index (χ0n) is 8.05. The van der Waals surface area contributed by atoms with Crippen molar-refractivity contribution in [3.8, 4) is 0 Å². The molecule has 0 aliphatic carbocycles.